The Balaban J connectivity index is 1.15. The van der Waals surface area contributed by atoms with Gasteiger partial charge in [0.05, 0.1) is 17.6 Å². The van der Waals surface area contributed by atoms with Crippen molar-refractivity contribution in [3.8, 4) is 22.4 Å². The fraction of sp³-hybridized carbons (Fsp3) is 0.294. The second-order valence-electron chi connectivity index (χ2n) is 11.9. The Kier molecular flexibility index (Phi) is 6.03. The lowest BCUT2D eigenvalue weighted by atomic mass is 9.84. The molecule has 2 aromatic carbocycles. The molecule has 2 aliphatic heterocycles. The van der Waals surface area contributed by atoms with Crippen LogP contribution in [0.15, 0.2) is 79.1 Å². The molecule has 3 atom stereocenters. The Morgan fingerprint density at radius 2 is 1.64 bits per heavy atom. The van der Waals surface area contributed by atoms with Crippen LogP contribution in [0, 0.1) is 0 Å². The standard InChI is InChI=1S/C34H31ClN6O/c35-25-8-4-7-22(15-25)34(42)40-26-12-13-27(40)17-24(16-26)31-30(21-9-10-21)32(36)41-33(39-31)28(19-38-41)23-11-14-29(37-18-23)20-5-2-1-3-6-20/h1-8,11,14-15,18-19,21,24,26-27H,9-10,12-13,16-17,36H2/t24-,26+,27-. The molecule has 0 radical (unpaired) electrons. The smallest absolute Gasteiger partial charge is 0.254 e. The summed E-state index contributed by atoms with van der Waals surface area (Å²) < 4.78 is 1.81. The predicted molar refractivity (Wildman–Crippen MR) is 164 cm³/mol. The summed E-state index contributed by atoms with van der Waals surface area (Å²) in [4.78, 5) is 25.8. The highest BCUT2D eigenvalue weighted by molar-refractivity contribution is 6.31. The number of pyridine rings is 1. The van der Waals surface area contributed by atoms with Crippen molar-refractivity contribution in [2.45, 2.75) is 62.4 Å². The number of carbonyl (C=O) groups is 1. The number of anilines is 1. The van der Waals surface area contributed by atoms with Crippen LogP contribution in [0.2, 0.25) is 5.02 Å². The first-order valence-corrected chi connectivity index (χ1v) is 15.2. The Labute approximate surface area is 249 Å². The fourth-order valence-corrected chi connectivity index (χ4v) is 7.38. The minimum absolute atomic E-state index is 0.0818. The van der Waals surface area contributed by atoms with Gasteiger partial charge in [-0.05, 0) is 68.7 Å². The predicted octanol–water partition coefficient (Wildman–Crippen LogP) is 7.12. The number of nitrogens with zero attached hydrogens (tertiary/aromatic N) is 5. The number of piperidine rings is 1. The van der Waals surface area contributed by atoms with E-state index in [1.807, 2.05) is 59.4 Å². The average Bonchev–Trinajstić information content (AvgIpc) is 3.71. The van der Waals surface area contributed by atoms with Crippen molar-refractivity contribution < 1.29 is 4.79 Å². The van der Waals surface area contributed by atoms with Crippen molar-refractivity contribution in [3.63, 3.8) is 0 Å². The third-order valence-corrected chi connectivity index (χ3v) is 9.54. The molecular weight excluding hydrogens is 544 g/mol. The SMILES string of the molecule is Nc1c(C2CC2)c([C@H]2C[C@H]3CC[C@@H](C2)N3C(=O)c2cccc(Cl)c2)nc2c(-c3ccc(-c4ccccc4)nc3)cnn12. The van der Waals surface area contributed by atoms with Gasteiger partial charge in [0.25, 0.3) is 5.91 Å². The molecule has 2 saturated heterocycles. The van der Waals surface area contributed by atoms with Crippen molar-refractivity contribution in [2.75, 3.05) is 5.73 Å². The number of nitrogen functional groups attached to an aromatic ring is 1. The van der Waals surface area contributed by atoms with Gasteiger partial charge in [-0.25, -0.2) is 4.98 Å². The number of amides is 1. The number of hydrogen-bond acceptors (Lipinski definition) is 5. The minimum atomic E-state index is 0.0818. The van der Waals surface area contributed by atoms with Gasteiger partial charge in [-0.1, -0.05) is 54.1 Å². The molecule has 3 aromatic heterocycles. The molecule has 5 heterocycles. The zero-order chi connectivity index (χ0) is 28.4. The zero-order valence-corrected chi connectivity index (χ0v) is 23.9. The van der Waals surface area contributed by atoms with E-state index in [2.05, 4.69) is 28.2 Å². The van der Waals surface area contributed by atoms with E-state index < -0.39 is 0 Å². The van der Waals surface area contributed by atoms with Gasteiger partial charge in [0.2, 0.25) is 0 Å². The maximum Gasteiger partial charge on any atom is 0.254 e. The monoisotopic (exact) mass is 574 g/mol. The normalized spacial score (nSPS) is 21.6. The van der Waals surface area contributed by atoms with E-state index >= 15 is 0 Å². The van der Waals surface area contributed by atoms with Crippen molar-refractivity contribution in [2.24, 2.45) is 0 Å². The quantitative estimate of drug-likeness (QED) is 0.241. The van der Waals surface area contributed by atoms with Gasteiger partial charge in [0, 0.05) is 57.0 Å². The van der Waals surface area contributed by atoms with E-state index in [1.54, 1.807) is 6.07 Å². The topological polar surface area (TPSA) is 89.4 Å². The molecular formula is C34H31ClN6O. The van der Waals surface area contributed by atoms with E-state index in [0.717, 1.165) is 77.8 Å². The molecule has 2 N–H and O–H groups in total. The minimum Gasteiger partial charge on any atom is -0.383 e. The Bertz CT molecular complexity index is 1800. The third kappa shape index (κ3) is 4.26. The average molecular weight is 575 g/mol. The Hall–Kier alpha value is -4.23. The lowest BCUT2D eigenvalue weighted by molar-refractivity contribution is 0.0569. The molecule has 42 heavy (non-hydrogen) atoms. The van der Waals surface area contributed by atoms with Crippen LogP contribution in [0.4, 0.5) is 5.82 Å². The van der Waals surface area contributed by atoms with Crippen LogP contribution in [0.1, 0.15) is 72.0 Å². The highest BCUT2D eigenvalue weighted by Crippen LogP contribution is 2.50. The maximum atomic E-state index is 13.6. The number of benzene rings is 2. The van der Waals surface area contributed by atoms with Gasteiger partial charge in [-0.2, -0.15) is 9.61 Å². The van der Waals surface area contributed by atoms with Crippen molar-refractivity contribution in [1.82, 2.24) is 24.5 Å². The van der Waals surface area contributed by atoms with Crippen molar-refractivity contribution in [1.29, 1.82) is 0 Å². The highest BCUT2D eigenvalue weighted by Gasteiger charge is 2.46. The molecule has 0 unspecified atom stereocenters. The second kappa shape index (κ2) is 9.95. The maximum absolute atomic E-state index is 13.6. The molecule has 1 saturated carbocycles. The third-order valence-electron chi connectivity index (χ3n) is 9.31. The molecule has 3 fully saturated rings. The highest BCUT2D eigenvalue weighted by atomic mass is 35.5. The summed E-state index contributed by atoms with van der Waals surface area (Å²) in [5.41, 5.74) is 14.5. The van der Waals surface area contributed by atoms with E-state index in [-0.39, 0.29) is 23.9 Å². The summed E-state index contributed by atoms with van der Waals surface area (Å²) in [5, 5.41) is 5.28. The van der Waals surface area contributed by atoms with E-state index in [0.29, 0.717) is 22.3 Å². The van der Waals surface area contributed by atoms with Crippen LogP contribution in [0.3, 0.4) is 0 Å². The first kappa shape index (κ1) is 25.5. The molecule has 8 rings (SSSR count). The number of rotatable bonds is 5. The van der Waals surface area contributed by atoms with E-state index in [1.165, 1.54) is 0 Å². The van der Waals surface area contributed by atoms with Gasteiger partial charge in [-0.3, -0.25) is 9.78 Å². The molecule has 5 aromatic rings. The molecule has 1 aliphatic carbocycles. The lowest BCUT2D eigenvalue weighted by Crippen LogP contribution is -2.46. The molecule has 0 spiro atoms. The molecule has 2 bridgehead atoms. The fourth-order valence-electron chi connectivity index (χ4n) is 7.19. The first-order valence-electron chi connectivity index (χ1n) is 14.8. The number of fused-ring (bicyclic) bond motifs is 3. The van der Waals surface area contributed by atoms with Crippen molar-refractivity contribution in [3.05, 3.63) is 101 Å². The number of hydrogen-bond donors (Lipinski definition) is 1. The zero-order valence-electron chi connectivity index (χ0n) is 23.2. The molecule has 3 aliphatic rings. The summed E-state index contributed by atoms with van der Waals surface area (Å²) in [5.74, 6) is 1.45. The summed E-state index contributed by atoms with van der Waals surface area (Å²) in [6.07, 6.45) is 9.82. The van der Waals surface area contributed by atoms with Gasteiger partial charge in [0.1, 0.15) is 5.82 Å². The Morgan fingerprint density at radius 3 is 2.33 bits per heavy atom. The first-order chi connectivity index (χ1) is 20.5. The van der Waals surface area contributed by atoms with Crippen LogP contribution in [-0.4, -0.2) is 42.5 Å². The van der Waals surface area contributed by atoms with Gasteiger partial charge >= 0.3 is 0 Å². The lowest BCUT2D eigenvalue weighted by Gasteiger charge is -2.39. The van der Waals surface area contributed by atoms with Crippen LogP contribution in [0.5, 0.6) is 0 Å². The summed E-state index contributed by atoms with van der Waals surface area (Å²) in [7, 11) is 0. The molecule has 8 heteroatoms. The summed E-state index contributed by atoms with van der Waals surface area (Å²) >= 11 is 6.22. The number of carbonyl (C=O) groups excluding carboxylic acids is 1. The Morgan fingerprint density at radius 1 is 0.857 bits per heavy atom. The van der Waals surface area contributed by atoms with E-state index in [4.69, 9.17) is 27.3 Å². The van der Waals surface area contributed by atoms with Crippen LogP contribution in [-0.2, 0) is 0 Å². The van der Waals surface area contributed by atoms with Gasteiger partial charge < -0.3 is 10.6 Å². The van der Waals surface area contributed by atoms with Gasteiger partial charge in [-0.15, -0.1) is 0 Å². The second-order valence-corrected chi connectivity index (χ2v) is 12.4. The summed E-state index contributed by atoms with van der Waals surface area (Å²) in [6, 6.07) is 22.0. The van der Waals surface area contributed by atoms with Crippen LogP contribution in [0.25, 0.3) is 28.0 Å². The number of nitrogens with two attached hydrogens (primary N) is 1. The van der Waals surface area contributed by atoms with Crippen LogP contribution >= 0.6 is 11.6 Å². The molecule has 210 valence electrons. The summed E-state index contributed by atoms with van der Waals surface area (Å²) in [6.45, 7) is 0. The van der Waals surface area contributed by atoms with Gasteiger partial charge in [0.15, 0.2) is 5.65 Å². The van der Waals surface area contributed by atoms with Crippen LogP contribution < -0.4 is 5.73 Å². The molecule has 7 nitrogen and oxygen atoms in total. The largest absolute Gasteiger partial charge is 0.383 e. The van der Waals surface area contributed by atoms with Crippen molar-refractivity contribution >= 4 is 29.0 Å². The number of halogens is 1. The number of aromatic nitrogens is 4. The molecule has 1 amide bonds. The van der Waals surface area contributed by atoms with E-state index in [9.17, 15) is 4.79 Å².